The lowest BCUT2D eigenvalue weighted by Gasteiger charge is -2.34. The number of anilines is 1. The fourth-order valence-electron chi connectivity index (χ4n) is 2.25. The molecule has 0 saturated heterocycles. The molecule has 1 rings (SSSR count). The number of benzene rings is 1. The number of nitrogens with one attached hydrogen (secondary N) is 1. The predicted octanol–water partition coefficient (Wildman–Crippen LogP) is 4.47. The number of hydrogen-bond acceptors (Lipinski definition) is 2. The maximum atomic E-state index is 6.01. The van der Waals surface area contributed by atoms with Crippen LogP contribution in [-0.2, 0) is 0 Å². The van der Waals surface area contributed by atoms with E-state index in [0.29, 0.717) is 6.54 Å². The van der Waals surface area contributed by atoms with Gasteiger partial charge in [0, 0.05) is 22.2 Å². The van der Waals surface area contributed by atoms with Crippen LogP contribution in [0.3, 0.4) is 0 Å². The molecule has 102 valence electrons. The molecular formula is C15H25BrN2. The molecule has 1 unspecified atom stereocenters. The first-order valence-electron chi connectivity index (χ1n) is 6.80. The molecule has 0 amide bonds. The SMILES string of the molecule is CCCCC(CC)(CN)Nc1cc(C)cc(Br)c1. The summed E-state index contributed by atoms with van der Waals surface area (Å²) in [5.41, 5.74) is 8.45. The number of nitrogens with two attached hydrogens (primary N) is 1. The fourth-order valence-corrected chi connectivity index (χ4v) is 2.86. The average Bonchev–Trinajstić information content (AvgIpc) is 2.33. The third-order valence-electron chi connectivity index (χ3n) is 3.53. The molecule has 0 saturated carbocycles. The van der Waals surface area contributed by atoms with E-state index in [1.807, 2.05) is 0 Å². The Hall–Kier alpha value is -0.540. The van der Waals surface area contributed by atoms with Crippen LogP contribution in [0.1, 0.15) is 45.1 Å². The number of rotatable bonds is 7. The molecule has 0 spiro atoms. The van der Waals surface area contributed by atoms with Crippen molar-refractivity contribution in [2.24, 2.45) is 5.73 Å². The number of halogens is 1. The fraction of sp³-hybridized carbons (Fsp3) is 0.600. The quantitative estimate of drug-likeness (QED) is 0.779. The van der Waals surface area contributed by atoms with Gasteiger partial charge in [-0.15, -0.1) is 0 Å². The average molecular weight is 313 g/mol. The van der Waals surface area contributed by atoms with E-state index in [2.05, 4.69) is 60.2 Å². The lowest BCUT2D eigenvalue weighted by Crippen LogP contribution is -2.45. The molecule has 0 bridgehead atoms. The maximum Gasteiger partial charge on any atom is 0.0493 e. The highest BCUT2D eigenvalue weighted by Gasteiger charge is 2.25. The molecule has 1 atom stereocenters. The zero-order chi connectivity index (χ0) is 13.6. The van der Waals surface area contributed by atoms with Crippen molar-refractivity contribution in [2.45, 2.75) is 52.0 Å². The standard InChI is InChI=1S/C15H25BrN2/c1-4-6-7-15(5-2,11-17)18-14-9-12(3)8-13(16)10-14/h8-10,18H,4-7,11,17H2,1-3H3. The van der Waals surface area contributed by atoms with Gasteiger partial charge in [0.05, 0.1) is 0 Å². The Labute approximate surface area is 119 Å². The van der Waals surface area contributed by atoms with Crippen LogP contribution in [0, 0.1) is 6.92 Å². The molecule has 0 heterocycles. The van der Waals surface area contributed by atoms with E-state index in [0.717, 1.165) is 23.0 Å². The van der Waals surface area contributed by atoms with Gasteiger partial charge in [0.15, 0.2) is 0 Å². The Kier molecular flexibility index (Phi) is 6.16. The van der Waals surface area contributed by atoms with Gasteiger partial charge in [0.2, 0.25) is 0 Å². The van der Waals surface area contributed by atoms with Gasteiger partial charge < -0.3 is 11.1 Å². The van der Waals surface area contributed by atoms with Gasteiger partial charge >= 0.3 is 0 Å². The highest BCUT2D eigenvalue weighted by molar-refractivity contribution is 9.10. The third-order valence-corrected chi connectivity index (χ3v) is 3.99. The number of aryl methyl sites for hydroxylation is 1. The van der Waals surface area contributed by atoms with Crippen LogP contribution in [0.2, 0.25) is 0 Å². The molecule has 0 aliphatic rings. The minimum Gasteiger partial charge on any atom is -0.378 e. The van der Waals surface area contributed by atoms with Crippen LogP contribution < -0.4 is 11.1 Å². The van der Waals surface area contributed by atoms with E-state index >= 15 is 0 Å². The van der Waals surface area contributed by atoms with E-state index < -0.39 is 0 Å². The van der Waals surface area contributed by atoms with Gasteiger partial charge in [0.25, 0.3) is 0 Å². The molecule has 3 heteroatoms. The molecule has 1 aromatic rings. The number of hydrogen-bond donors (Lipinski definition) is 2. The minimum atomic E-state index is 0.0310. The summed E-state index contributed by atoms with van der Waals surface area (Å²) < 4.78 is 1.11. The second-order valence-electron chi connectivity index (χ2n) is 5.08. The molecular weight excluding hydrogens is 288 g/mol. The van der Waals surface area contributed by atoms with E-state index in [1.54, 1.807) is 0 Å². The van der Waals surface area contributed by atoms with E-state index in [4.69, 9.17) is 5.73 Å². The van der Waals surface area contributed by atoms with Crippen molar-refractivity contribution in [1.29, 1.82) is 0 Å². The first kappa shape index (κ1) is 15.5. The van der Waals surface area contributed by atoms with Gasteiger partial charge in [-0.25, -0.2) is 0 Å². The summed E-state index contributed by atoms with van der Waals surface area (Å²) in [6.07, 6.45) is 4.60. The zero-order valence-electron chi connectivity index (χ0n) is 11.7. The van der Waals surface area contributed by atoms with Crippen molar-refractivity contribution in [1.82, 2.24) is 0 Å². The van der Waals surface area contributed by atoms with Crippen LogP contribution in [-0.4, -0.2) is 12.1 Å². The van der Waals surface area contributed by atoms with Crippen molar-refractivity contribution >= 4 is 21.6 Å². The Bertz CT molecular complexity index is 353. The summed E-state index contributed by atoms with van der Waals surface area (Å²) in [5.74, 6) is 0. The van der Waals surface area contributed by atoms with Crippen LogP contribution in [0.5, 0.6) is 0 Å². The largest absolute Gasteiger partial charge is 0.378 e. The smallest absolute Gasteiger partial charge is 0.0493 e. The van der Waals surface area contributed by atoms with Gasteiger partial charge in [0.1, 0.15) is 0 Å². The predicted molar refractivity (Wildman–Crippen MR) is 84.1 cm³/mol. The number of unbranched alkanes of at least 4 members (excludes halogenated alkanes) is 1. The molecule has 18 heavy (non-hydrogen) atoms. The maximum absolute atomic E-state index is 6.01. The second kappa shape index (κ2) is 7.15. The van der Waals surface area contributed by atoms with Crippen LogP contribution in [0.25, 0.3) is 0 Å². The first-order chi connectivity index (χ1) is 8.55. The topological polar surface area (TPSA) is 38.0 Å². The summed E-state index contributed by atoms with van der Waals surface area (Å²) in [7, 11) is 0. The molecule has 0 fully saturated rings. The summed E-state index contributed by atoms with van der Waals surface area (Å²) in [4.78, 5) is 0. The van der Waals surface area contributed by atoms with Crippen molar-refractivity contribution in [2.75, 3.05) is 11.9 Å². The molecule has 0 aliphatic heterocycles. The zero-order valence-corrected chi connectivity index (χ0v) is 13.3. The van der Waals surface area contributed by atoms with E-state index in [1.165, 1.54) is 18.4 Å². The molecule has 0 aromatic heterocycles. The highest BCUT2D eigenvalue weighted by atomic mass is 79.9. The summed E-state index contributed by atoms with van der Waals surface area (Å²) in [5, 5.41) is 3.65. The normalized spacial score (nSPS) is 14.3. The molecule has 1 aromatic carbocycles. The molecule has 0 radical (unpaired) electrons. The van der Waals surface area contributed by atoms with Crippen LogP contribution in [0.15, 0.2) is 22.7 Å². The molecule has 2 nitrogen and oxygen atoms in total. The van der Waals surface area contributed by atoms with Crippen molar-refractivity contribution in [3.8, 4) is 0 Å². The van der Waals surface area contributed by atoms with Gasteiger partial charge in [-0.1, -0.05) is 42.6 Å². The monoisotopic (exact) mass is 312 g/mol. The lowest BCUT2D eigenvalue weighted by atomic mass is 9.89. The molecule has 3 N–H and O–H groups in total. The Morgan fingerprint density at radius 2 is 2.00 bits per heavy atom. The lowest BCUT2D eigenvalue weighted by molar-refractivity contribution is 0.411. The van der Waals surface area contributed by atoms with Crippen molar-refractivity contribution in [3.63, 3.8) is 0 Å². The van der Waals surface area contributed by atoms with Gasteiger partial charge in [-0.3, -0.25) is 0 Å². The van der Waals surface area contributed by atoms with Crippen LogP contribution in [0.4, 0.5) is 5.69 Å². The second-order valence-corrected chi connectivity index (χ2v) is 6.00. The van der Waals surface area contributed by atoms with Gasteiger partial charge in [-0.05, 0) is 43.5 Å². The summed E-state index contributed by atoms with van der Waals surface area (Å²) in [6.45, 7) is 7.22. The Morgan fingerprint density at radius 3 is 2.50 bits per heavy atom. The van der Waals surface area contributed by atoms with E-state index in [-0.39, 0.29) is 5.54 Å². The Balaban J connectivity index is 2.88. The molecule has 0 aliphatic carbocycles. The summed E-state index contributed by atoms with van der Waals surface area (Å²) >= 11 is 3.55. The third kappa shape index (κ3) is 4.29. The van der Waals surface area contributed by atoms with Crippen LogP contribution >= 0.6 is 15.9 Å². The minimum absolute atomic E-state index is 0.0310. The van der Waals surface area contributed by atoms with Crippen molar-refractivity contribution in [3.05, 3.63) is 28.2 Å². The van der Waals surface area contributed by atoms with Gasteiger partial charge in [-0.2, -0.15) is 0 Å². The van der Waals surface area contributed by atoms with Crippen molar-refractivity contribution < 1.29 is 0 Å². The summed E-state index contributed by atoms with van der Waals surface area (Å²) in [6, 6.07) is 6.42. The van der Waals surface area contributed by atoms with E-state index in [9.17, 15) is 0 Å². The highest BCUT2D eigenvalue weighted by Crippen LogP contribution is 2.26. The first-order valence-corrected chi connectivity index (χ1v) is 7.60. The Morgan fingerprint density at radius 1 is 1.28 bits per heavy atom.